The highest BCUT2D eigenvalue weighted by Crippen LogP contribution is 2.38. The number of hydrazine groups is 2. The zero-order valence-electron chi connectivity index (χ0n) is 24.4. The fraction of sp³-hybridized carbons (Fsp3) is 0.273. The number of nitriles is 1. The molecule has 1 aromatic heterocycles. The summed E-state index contributed by atoms with van der Waals surface area (Å²) in [6.45, 7) is 7.05. The molecule has 1 fully saturated rings. The van der Waals surface area contributed by atoms with Crippen LogP contribution in [0.2, 0.25) is 0 Å². The number of nitrogens with zero attached hydrogens (tertiary/aromatic N) is 3. The van der Waals surface area contributed by atoms with E-state index in [0.29, 0.717) is 40.8 Å². The van der Waals surface area contributed by atoms with Crippen LogP contribution in [0.5, 0.6) is 0 Å². The molecule has 6 rings (SSSR count). The molecule has 1 saturated carbocycles. The Labute approximate surface area is 241 Å². The second-order valence-electron chi connectivity index (χ2n) is 11.8. The number of fused-ring (bicyclic) bond motifs is 1. The van der Waals surface area contributed by atoms with Crippen molar-refractivity contribution < 1.29 is 5.76 Å². The van der Waals surface area contributed by atoms with Gasteiger partial charge in [0.2, 0.25) is 0 Å². The summed E-state index contributed by atoms with van der Waals surface area (Å²) >= 11 is 0. The summed E-state index contributed by atoms with van der Waals surface area (Å²) in [5, 5.41) is 19.7. The first-order chi connectivity index (χ1) is 20.1. The summed E-state index contributed by atoms with van der Waals surface area (Å²) in [5.74, 6) is -0.367. The van der Waals surface area contributed by atoms with Crippen molar-refractivity contribution in [3.05, 3.63) is 102 Å². The van der Waals surface area contributed by atoms with Crippen LogP contribution in [0, 0.1) is 22.6 Å². The van der Waals surface area contributed by atoms with Gasteiger partial charge in [-0.25, -0.2) is 4.39 Å². The summed E-state index contributed by atoms with van der Waals surface area (Å²) in [5.41, 5.74) is 11.8. The molecule has 41 heavy (non-hydrogen) atoms. The lowest BCUT2D eigenvalue weighted by Crippen LogP contribution is -2.38. The molecule has 1 aliphatic carbocycles. The maximum atomic E-state index is 14.0. The minimum Gasteiger partial charge on any atom is -0.383 e. The van der Waals surface area contributed by atoms with Crippen LogP contribution in [0.3, 0.4) is 0 Å². The van der Waals surface area contributed by atoms with Gasteiger partial charge in [0, 0.05) is 41.6 Å². The van der Waals surface area contributed by atoms with Gasteiger partial charge in [-0.1, -0.05) is 63.2 Å². The molecule has 2 aliphatic rings. The molecular formula is C33H34FN7. The Hall–Kier alpha value is -4.61. The van der Waals surface area contributed by atoms with Gasteiger partial charge in [0.25, 0.3) is 0 Å². The lowest BCUT2D eigenvalue weighted by Gasteiger charge is -2.24. The zero-order chi connectivity index (χ0) is 29.5. The van der Waals surface area contributed by atoms with Crippen LogP contribution in [-0.4, -0.2) is 22.6 Å². The Bertz CT molecular complexity index is 1690. The van der Waals surface area contributed by atoms with Crippen molar-refractivity contribution in [2.24, 2.45) is 5.41 Å². The lowest BCUT2D eigenvalue weighted by molar-refractivity contribution is 0.260. The molecule has 0 amide bonds. The van der Waals surface area contributed by atoms with Gasteiger partial charge in [-0.05, 0) is 53.6 Å². The van der Waals surface area contributed by atoms with Crippen molar-refractivity contribution in [3.63, 3.8) is 0 Å². The predicted molar refractivity (Wildman–Crippen MR) is 162 cm³/mol. The largest absolute Gasteiger partial charge is 0.383 e. The standard InChI is InChI=1S/C33H34FN7/c1-33(2,3)20-37-30-23(17-35)18-36-32-27(21-7-5-4-6-8-21)15-25(16-28(30)32)38-31(22-9-11-24(34)12-10-22)29-19-41(40-39-29)26-13-14-26/h4-12,15-16,18-19,26,31,38-40H,13-14,20H2,1-3H3,(H,36,37)/t31-/m1/s1/i31D. The molecule has 0 spiro atoms. The van der Waals surface area contributed by atoms with Gasteiger partial charge in [0.1, 0.15) is 11.9 Å². The summed E-state index contributed by atoms with van der Waals surface area (Å²) < 4.78 is 23.8. The Morgan fingerprint density at radius 1 is 1.15 bits per heavy atom. The molecule has 4 aromatic rings. The molecule has 0 bridgehead atoms. The predicted octanol–water partition coefficient (Wildman–Crippen LogP) is 6.85. The van der Waals surface area contributed by atoms with E-state index in [0.717, 1.165) is 34.9 Å². The number of aromatic nitrogens is 1. The Balaban J connectivity index is 1.53. The normalized spacial score (nSPS) is 16.8. The Morgan fingerprint density at radius 2 is 1.90 bits per heavy atom. The monoisotopic (exact) mass is 548 g/mol. The minimum atomic E-state index is -1.49. The first kappa shape index (κ1) is 25.4. The molecular weight excluding hydrogens is 513 g/mol. The van der Waals surface area contributed by atoms with Crippen LogP contribution in [0.25, 0.3) is 22.0 Å². The van der Waals surface area contributed by atoms with Crippen LogP contribution < -0.4 is 21.6 Å². The fourth-order valence-corrected chi connectivity index (χ4v) is 4.90. The van der Waals surface area contributed by atoms with Crippen molar-refractivity contribution in [1.82, 2.24) is 21.0 Å². The summed E-state index contributed by atoms with van der Waals surface area (Å²) in [6, 6.07) is 21.1. The van der Waals surface area contributed by atoms with E-state index in [-0.39, 0.29) is 11.2 Å². The van der Waals surface area contributed by atoms with Crippen molar-refractivity contribution >= 4 is 22.3 Å². The van der Waals surface area contributed by atoms with Crippen molar-refractivity contribution in [2.45, 2.75) is 45.7 Å². The van der Waals surface area contributed by atoms with Gasteiger partial charge < -0.3 is 16.1 Å². The van der Waals surface area contributed by atoms with E-state index in [4.69, 9.17) is 4.98 Å². The van der Waals surface area contributed by atoms with Crippen LogP contribution in [0.4, 0.5) is 15.8 Å². The van der Waals surface area contributed by atoms with Crippen molar-refractivity contribution in [2.75, 3.05) is 17.2 Å². The second-order valence-corrected chi connectivity index (χ2v) is 11.8. The van der Waals surface area contributed by atoms with Gasteiger partial charge >= 0.3 is 0 Å². The first-order valence-electron chi connectivity index (χ1n) is 14.4. The van der Waals surface area contributed by atoms with Crippen LogP contribution >= 0.6 is 0 Å². The molecule has 4 N–H and O–H groups in total. The molecule has 208 valence electrons. The molecule has 1 aliphatic heterocycles. The average Bonchev–Trinajstić information content (AvgIpc) is 3.71. The summed E-state index contributed by atoms with van der Waals surface area (Å²) in [6.07, 6.45) is 5.69. The molecule has 0 radical (unpaired) electrons. The molecule has 2 heterocycles. The van der Waals surface area contributed by atoms with Crippen LogP contribution in [0.1, 0.15) is 52.1 Å². The van der Waals surface area contributed by atoms with Crippen molar-refractivity contribution in [3.8, 4) is 17.2 Å². The molecule has 1 atom stereocenters. The lowest BCUT2D eigenvalue weighted by atomic mass is 9.95. The molecule has 0 saturated heterocycles. The SMILES string of the molecule is [2H][C@](Nc1cc(-c2ccccc2)c2ncc(C#N)c(NCC(C)(C)C)c2c1)(C1=CN(C2CC2)NN1)c1ccc(F)cc1. The molecule has 7 nitrogen and oxygen atoms in total. The zero-order valence-corrected chi connectivity index (χ0v) is 23.4. The molecule has 8 heteroatoms. The van der Waals surface area contributed by atoms with Gasteiger partial charge in [0.15, 0.2) is 0 Å². The molecule has 0 unspecified atom stereocenters. The van der Waals surface area contributed by atoms with Crippen LogP contribution in [0.15, 0.2) is 84.8 Å². The highest BCUT2D eigenvalue weighted by molar-refractivity contribution is 6.04. The number of hydrogen-bond acceptors (Lipinski definition) is 7. The highest BCUT2D eigenvalue weighted by atomic mass is 19.1. The second kappa shape index (κ2) is 10.8. The van der Waals surface area contributed by atoms with Crippen LogP contribution in [-0.2, 0) is 0 Å². The van der Waals surface area contributed by atoms with Crippen molar-refractivity contribution in [1.29, 1.82) is 5.26 Å². The summed E-state index contributed by atoms with van der Waals surface area (Å²) in [4.78, 5) is 4.73. The van der Waals surface area contributed by atoms with Gasteiger partial charge in [-0.3, -0.25) is 9.99 Å². The van der Waals surface area contributed by atoms with E-state index in [1.807, 2.05) is 53.7 Å². The summed E-state index contributed by atoms with van der Waals surface area (Å²) in [7, 11) is 0. The smallest absolute Gasteiger partial charge is 0.123 e. The maximum absolute atomic E-state index is 14.0. The van der Waals surface area contributed by atoms with Gasteiger partial charge in [-0.2, -0.15) is 5.26 Å². The topological polar surface area (TPSA) is 88.0 Å². The number of benzene rings is 3. The number of pyridine rings is 1. The highest BCUT2D eigenvalue weighted by Gasteiger charge is 2.32. The Morgan fingerprint density at radius 3 is 2.59 bits per heavy atom. The van der Waals surface area contributed by atoms with Gasteiger partial charge in [0.05, 0.1) is 29.9 Å². The van der Waals surface area contributed by atoms with E-state index >= 15 is 0 Å². The average molecular weight is 549 g/mol. The number of anilines is 2. The number of halogens is 1. The quantitative estimate of drug-likeness (QED) is 0.191. The third-order valence-corrected chi connectivity index (χ3v) is 7.17. The first-order valence-corrected chi connectivity index (χ1v) is 13.9. The number of nitrogens with one attached hydrogen (secondary N) is 4. The van der Waals surface area contributed by atoms with E-state index < -0.39 is 6.02 Å². The molecule has 3 aromatic carbocycles. The van der Waals surface area contributed by atoms with E-state index in [1.165, 1.54) is 12.1 Å². The number of rotatable bonds is 8. The van der Waals surface area contributed by atoms with E-state index in [1.54, 1.807) is 18.3 Å². The third-order valence-electron chi connectivity index (χ3n) is 7.17. The van der Waals surface area contributed by atoms with E-state index in [2.05, 4.69) is 48.4 Å². The maximum Gasteiger partial charge on any atom is 0.123 e. The van der Waals surface area contributed by atoms with E-state index in [9.17, 15) is 11.0 Å². The fourth-order valence-electron chi connectivity index (χ4n) is 4.90. The minimum absolute atomic E-state index is 0.0274. The third kappa shape index (κ3) is 5.81. The Kier molecular flexibility index (Phi) is 6.65. The number of hydrogen-bond donors (Lipinski definition) is 4. The van der Waals surface area contributed by atoms with Gasteiger partial charge in [-0.15, -0.1) is 5.53 Å².